The summed E-state index contributed by atoms with van der Waals surface area (Å²) in [6.07, 6.45) is 1.000. The highest BCUT2D eigenvalue weighted by Crippen LogP contribution is 2.33. The van der Waals surface area contributed by atoms with Crippen LogP contribution in [0.5, 0.6) is 11.5 Å². The van der Waals surface area contributed by atoms with Gasteiger partial charge in [0.2, 0.25) is 0 Å². The first kappa shape index (κ1) is 16.1. The fraction of sp³-hybridized carbons (Fsp3) is 0.625. The SMILES string of the molecule is CCNC(CO)CN1CCc2cc(OC)c(OC)cc2C1. The second-order valence-corrected chi connectivity index (χ2v) is 5.40. The second kappa shape index (κ2) is 7.64. The van der Waals surface area contributed by atoms with Crippen molar-refractivity contribution in [3.8, 4) is 11.5 Å². The third-order valence-corrected chi connectivity index (χ3v) is 3.99. The van der Waals surface area contributed by atoms with E-state index in [-0.39, 0.29) is 12.6 Å². The Balaban J connectivity index is 2.09. The molecule has 1 heterocycles. The maximum atomic E-state index is 9.41. The number of methoxy groups -OCH3 is 2. The molecule has 0 aliphatic carbocycles. The molecule has 0 radical (unpaired) electrons. The smallest absolute Gasteiger partial charge is 0.161 e. The number of fused-ring (bicyclic) bond motifs is 1. The third kappa shape index (κ3) is 3.87. The minimum absolute atomic E-state index is 0.136. The number of hydrogen-bond donors (Lipinski definition) is 2. The lowest BCUT2D eigenvalue weighted by molar-refractivity contribution is 0.173. The lowest BCUT2D eigenvalue weighted by Gasteiger charge is -2.32. The minimum atomic E-state index is 0.136. The van der Waals surface area contributed by atoms with Crippen molar-refractivity contribution in [2.24, 2.45) is 0 Å². The molecule has 2 rings (SSSR count). The van der Waals surface area contributed by atoms with Crippen LogP contribution in [0.25, 0.3) is 0 Å². The fourth-order valence-corrected chi connectivity index (χ4v) is 2.88. The zero-order chi connectivity index (χ0) is 15.2. The zero-order valence-electron chi connectivity index (χ0n) is 13.2. The Hall–Kier alpha value is -1.30. The van der Waals surface area contributed by atoms with Crippen LogP contribution in [0.4, 0.5) is 0 Å². The quantitative estimate of drug-likeness (QED) is 0.787. The molecule has 5 nitrogen and oxygen atoms in total. The Morgan fingerprint density at radius 2 is 1.90 bits per heavy atom. The highest BCUT2D eigenvalue weighted by Gasteiger charge is 2.21. The molecule has 0 aromatic heterocycles. The van der Waals surface area contributed by atoms with Crippen molar-refractivity contribution in [2.75, 3.05) is 40.5 Å². The van der Waals surface area contributed by atoms with Gasteiger partial charge in [0.15, 0.2) is 11.5 Å². The van der Waals surface area contributed by atoms with E-state index < -0.39 is 0 Å². The first-order chi connectivity index (χ1) is 10.2. The molecule has 0 saturated carbocycles. The van der Waals surface area contributed by atoms with Gasteiger partial charge in [-0.2, -0.15) is 0 Å². The van der Waals surface area contributed by atoms with Crippen molar-refractivity contribution in [2.45, 2.75) is 25.9 Å². The van der Waals surface area contributed by atoms with Crippen LogP contribution >= 0.6 is 0 Å². The van der Waals surface area contributed by atoms with E-state index in [1.165, 1.54) is 11.1 Å². The molecule has 118 valence electrons. The maximum absolute atomic E-state index is 9.41. The molecule has 1 aromatic rings. The van der Waals surface area contributed by atoms with Crippen molar-refractivity contribution in [1.29, 1.82) is 0 Å². The van der Waals surface area contributed by atoms with Crippen molar-refractivity contribution < 1.29 is 14.6 Å². The Morgan fingerprint density at radius 3 is 2.48 bits per heavy atom. The molecule has 1 atom stereocenters. The first-order valence-electron chi connectivity index (χ1n) is 7.52. The van der Waals surface area contributed by atoms with Crippen molar-refractivity contribution in [1.82, 2.24) is 10.2 Å². The standard InChI is InChI=1S/C16H26N2O3/c1-4-17-14(11-19)10-18-6-5-12-7-15(20-2)16(21-3)8-13(12)9-18/h7-8,14,17,19H,4-6,9-11H2,1-3H3. The molecule has 0 bridgehead atoms. The van der Waals surface area contributed by atoms with Gasteiger partial charge in [-0.3, -0.25) is 4.90 Å². The summed E-state index contributed by atoms with van der Waals surface area (Å²) < 4.78 is 10.7. The zero-order valence-corrected chi connectivity index (χ0v) is 13.2. The molecule has 1 aliphatic heterocycles. The maximum Gasteiger partial charge on any atom is 0.161 e. The Morgan fingerprint density at radius 1 is 1.24 bits per heavy atom. The van der Waals surface area contributed by atoms with Crippen LogP contribution in [-0.4, -0.2) is 56.5 Å². The van der Waals surface area contributed by atoms with Gasteiger partial charge in [-0.05, 0) is 36.2 Å². The van der Waals surface area contributed by atoms with Crippen LogP contribution < -0.4 is 14.8 Å². The average Bonchev–Trinajstić information content (AvgIpc) is 2.52. The van der Waals surface area contributed by atoms with Gasteiger partial charge >= 0.3 is 0 Å². The van der Waals surface area contributed by atoms with Gasteiger partial charge in [0.1, 0.15) is 0 Å². The van der Waals surface area contributed by atoms with Gasteiger partial charge in [-0.15, -0.1) is 0 Å². The Labute approximate surface area is 126 Å². The van der Waals surface area contributed by atoms with Crippen LogP contribution in [-0.2, 0) is 13.0 Å². The van der Waals surface area contributed by atoms with Gasteiger partial charge in [0.25, 0.3) is 0 Å². The summed E-state index contributed by atoms with van der Waals surface area (Å²) in [7, 11) is 3.33. The largest absolute Gasteiger partial charge is 0.493 e. The molecule has 0 spiro atoms. The van der Waals surface area contributed by atoms with Crippen molar-refractivity contribution in [3.05, 3.63) is 23.3 Å². The van der Waals surface area contributed by atoms with Gasteiger partial charge in [0.05, 0.1) is 20.8 Å². The highest BCUT2D eigenvalue weighted by molar-refractivity contribution is 5.48. The number of nitrogens with one attached hydrogen (secondary N) is 1. The minimum Gasteiger partial charge on any atom is -0.493 e. The molecule has 2 N–H and O–H groups in total. The molecule has 21 heavy (non-hydrogen) atoms. The molecular formula is C16H26N2O3. The Kier molecular flexibility index (Phi) is 5.85. The molecule has 0 saturated heterocycles. The number of likely N-dealkylation sites (N-methyl/N-ethyl adjacent to an activating group) is 1. The van der Waals surface area contributed by atoms with Gasteiger partial charge in [0, 0.05) is 25.7 Å². The number of aliphatic hydroxyl groups is 1. The lowest BCUT2D eigenvalue weighted by Crippen LogP contribution is -2.44. The summed E-state index contributed by atoms with van der Waals surface area (Å²) in [4.78, 5) is 2.37. The third-order valence-electron chi connectivity index (χ3n) is 3.99. The number of benzene rings is 1. The summed E-state index contributed by atoms with van der Waals surface area (Å²) in [5.74, 6) is 1.58. The van der Waals surface area contributed by atoms with Crippen LogP contribution in [0.2, 0.25) is 0 Å². The van der Waals surface area contributed by atoms with Gasteiger partial charge in [-0.25, -0.2) is 0 Å². The van der Waals surface area contributed by atoms with Crippen LogP contribution in [0.3, 0.4) is 0 Å². The molecule has 1 unspecified atom stereocenters. The van der Waals surface area contributed by atoms with Crippen LogP contribution in [0.1, 0.15) is 18.1 Å². The lowest BCUT2D eigenvalue weighted by atomic mass is 9.98. The number of hydrogen-bond acceptors (Lipinski definition) is 5. The predicted molar refractivity (Wildman–Crippen MR) is 83.1 cm³/mol. The van der Waals surface area contributed by atoms with E-state index in [0.29, 0.717) is 0 Å². The van der Waals surface area contributed by atoms with Crippen LogP contribution in [0.15, 0.2) is 12.1 Å². The van der Waals surface area contributed by atoms with E-state index in [2.05, 4.69) is 29.3 Å². The number of ether oxygens (including phenoxy) is 2. The average molecular weight is 294 g/mol. The van der Waals surface area contributed by atoms with E-state index >= 15 is 0 Å². The molecule has 5 heteroatoms. The number of nitrogens with zero attached hydrogens (tertiary/aromatic N) is 1. The summed E-state index contributed by atoms with van der Waals surface area (Å²) in [5.41, 5.74) is 2.61. The molecular weight excluding hydrogens is 268 g/mol. The number of aliphatic hydroxyl groups excluding tert-OH is 1. The molecule has 1 aliphatic rings. The van der Waals surface area contributed by atoms with Crippen molar-refractivity contribution in [3.63, 3.8) is 0 Å². The predicted octanol–water partition coefficient (Wildman–Crippen LogP) is 1.03. The van der Waals surface area contributed by atoms with E-state index in [0.717, 1.165) is 44.1 Å². The summed E-state index contributed by atoms with van der Waals surface area (Å²) in [5, 5.41) is 12.7. The van der Waals surface area contributed by atoms with Gasteiger partial charge in [-0.1, -0.05) is 6.92 Å². The van der Waals surface area contributed by atoms with Crippen LogP contribution in [0, 0.1) is 0 Å². The van der Waals surface area contributed by atoms with Crippen molar-refractivity contribution >= 4 is 0 Å². The first-order valence-corrected chi connectivity index (χ1v) is 7.52. The van der Waals surface area contributed by atoms with E-state index in [9.17, 15) is 5.11 Å². The Bertz CT molecular complexity index is 465. The van der Waals surface area contributed by atoms with E-state index in [1.54, 1.807) is 14.2 Å². The van der Waals surface area contributed by atoms with E-state index in [1.807, 2.05) is 0 Å². The summed E-state index contributed by atoms with van der Waals surface area (Å²) in [6, 6.07) is 4.29. The van der Waals surface area contributed by atoms with Gasteiger partial charge < -0.3 is 19.9 Å². The van der Waals surface area contributed by atoms with E-state index in [4.69, 9.17) is 9.47 Å². The molecule has 1 aromatic carbocycles. The summed E-state index contributed by atoms with van der Waals surface area (Å²) in [6.45, 7) is 5.86. The monoisotopic (exact) mass is 294 g/mol. The second-order valence-electron chi connectivity index (χ2n) is 5.40. The highest BCUT2D eigenvalue weighted by atomic mass is 16.5. The summed E-state index contributed by atoms with van der Waals surface area (Å²) >= 11 is 0. The normalized spacial score (nSPS) is 16.4. The molecule has 0 amide bonds. The topological polar surface area (TPSA) is 54.0 Å². The molecule has 0 fully saturated rings. The number of rotatable bonds is 7. The fourth-order valence-electron chi connectivity index (χ4n) is 2.88.